The minimum Gasteiger partial charge on any atom is -0.454 e. The van der Waals surface area contributed by atoms with E-state index in [4.69, 9.17) is 4.42 Å². The predicted molar refractivity (Wildman–Crippen MR) is 298 cm³/mol. The first-order chi connectivity index (χ1) is 33.0. The van der Waals surface area contributed by atoms with Crippen LogP contribution in [0.5, 0.6) is 0 Å². The zero-order valence-electron chi connectivity index (χ0n) is 41.6. The molecule has 0 N–H and O–H groups in total. The molecule has 340 valence electrons. The van der Waals surface area contributed by atoms with Gasteiger partial charge >= 0.3 is 6.85 Å². The molecule has 0 radical (unpaired) electrons. The Hall–Kier alpha value is -6.56. The summed E-state index contributed by atoms with van der Waals surface area (Å²) in [6.07, 6.45) is 2.33. The minimum atomic E-state index is -0.182. The van der Waals surface area contributed by atoms with Crippen LogP contribution in [0, 0.1) is 0 Å². The van der Waals surface area contributed by atoms with Gasteiger partial charge in [-0.2, -0.15) is 0 Å². The van der Waals surface area contributed by atoms with Crippen LogP contribution in [0.4, 0.5) is 27.8 Å². The highest BCUT2D eigenvalue weighted by molar-refractivity contribution is 7.26. The monoisotopic (exact) mass is 914 g/mol. The first-order valence-electron chi connectivity index (χ1n) is 25.0. The molecule has 2 aromatic heterocycles. The van der Waals surface area contributed by atoms with Gasteiger partial charge in [-0.05, 0) is 150 Å². The van der Waals surface area contributed by atoms with Crippen LogP contribution in [0.1, 0.15) is 104 Å². The molecule has 0 unspecified atom stereocenters. The molecule has 0 spiro atoms. The summed E-state index contributed by atoms with van der Waals surface area (Å²) in [5.74, 6) is 0. The molecule has 3 aliphatic rings. The summed E-state index contributed by atoms with van der Waals surface area (Å²) in [5, 5.41) is 7.40. The largest absolute Gasteiger partial charge is 0.454 e. The number of nitrogens with zero attached hydrogens (tertiary/aromatic N) is 2. The van der Waals surface area contributed by atoms with Crippen molar-refractivity contribution in [2.45, 2.75) is 104 Å². The van der Waals surface area contributed by atoms with Crippen molar-refractivity contribution in [2.24, 2.45) is 0 Å². The van der Waals surface area contributed by atoms with E-state index in [1.165, 1.54) is 99.1 Å². The fraction of sp³-hybridized carbons (Fsp3) is 0.250. The smallest absolute Gasteiger partial charge is 0.334 e. The van der Waals surface area contributed by atoms with E-state index in [0.29, 0.717) is 0 Å². The van der Waals surface area contributed by atoms with Gasteiger partial charge in [-0.15, -0.1) is 11.3 Å². The van der Waals surface area contributed by atoms with Crippen LogP contribution in [0.15, 0.2) is 156 Å². The van der Waals surface area contributed by atoms with Crippen LogP contribution in [-0.4, -0.2) is 6.85 Å². The summed E-state index contributed by atoms with van der Waals surface area (Å²) in [6, 6.07) is 57.9. The molecule has 13 rings (SSSR count). The lowest BCUT2D eigenvalue weighted by atomic mass is 9.43. The van der Waals surface area contributed by atoms with Crippen LogP contribution in [0.3, 0.4) is 0 Å². The molecule has 5 heteroatoms. The highest BCUT2D eigenvalue weighted by Crippen LogP contribution is 2.56. The zero-order valence-corrected chi connectivity index (χ0v) is 42.5. The lowest BCUT2D eigenvalue weighted by Crippen LogP contribution is -2.61. The van der Waals surface area contributed by atoms with Crippen LogP contribution in [0.25, 0.3) is 65.1 Å². The first-order valence-corrected chi connectivity index (χ1v) is 25.8. The average molecular weight is 915 g/mol. The molecule has 4 heterocycles. The van der Waals surface area contributed by atoms with Crippen molar-refractivity contribution in [3.05, 3.63) is 174 Å². The Bertz CT molecular complexity index is 3760. The Balaban J connectivity index is 1.23. The van der Waals surface area contributed by atoms with Crippen LogP contribution in [0.2, 0.25) is 0 Å². The maximum Gasteiger partial charge on any atom is 0.334 e. The molecule has 0 amide bonds. The molecule has 3 nitrogen and oxygen atoms in total. The molecule has 69 heavy (non-hydrogen) atoms. The lowest BCUT2D eigenvalue weighted by molar-refractivity contribution is 0.332. The van der Waals surface area contributed by atoms with E-state index in [9.17, 15) is 0 Å². The number of benzene rings is 8. The van der Waals surface area contributed by atoms with E-state index in [0.717, 1.165) is 39.7 Å². The highest BCUT2D eigenvalue weighted by Gasteiger charge is 2.50. The van der Waals surface area contributed by atoms with E-state index < -0.39 is 0 Å². The second-order valence-corrected chi connectivity index (χ2v) is 24.6. The van der Waals surface area contributed by atoms with Crippen molar-refractivity contribution >= 4 is 99.7 Å². The molecule has 0 bridgehead atoms. The van der Waals surface area contributed by atoms with Gasteiger partial charge in [-0.3, -0.25) is 0 Å². The number of rotatable bonds is 3. The van der Waals surface area contributed by atoms with Crippen molar-refractivity contribution in [1.29, 1.82) is 0 Å². The zero-order chi connectivity index (χ0) is 47.5. The van der Waals surface area contributed by atoms with Crippen molar-refractivity contribution in [1.82, 2.24) is 0 Å². The molecule has 8 aromatic carbocycles. The molecule has 1 aliphatic carbocycles. The minimum absolute atomic E-state index is 0.00373. The number of thiophene rings is 1. The molecule has 0 atom stereocenters. The van der Waals surface area contributed by atoms with Crippen molar-refractivity contribution in [2.75, 3.05) is 9.71 Å². The third-order valence-electron chi connectivity index (χ3n) is 16.2. The quantitative estimate of drug-likeness (QED) is 0.165. The van der Waals surface area contributed by atoms with Gasteiger partial charge in [-0.25, -0.2) is 0 Å². The maximum absolute atomic E-state index is 7.17. The van der Waals surface area contributed by atoms with Gasteiger partial charge in [0, 0.05) is 38.0 Å². The van der Waals surface area contributed by atoms with Crippen LogP contribution in [-0.2, 0) is 21.7 Å². The summed E-state index contributed by atoms with van der Waals surface area (Å²) < 4.78 is 8.52. The predicted octanol–water partition coefficient (Wildman–Crippen LogP) is 17.3. The summed E-state index contributed by atoms with van der Waals surface area (Å²) in [5.41, 5.74) is 19.9. The number of para-hydroxylation sites is 1. The average Bonchev–Trinajstić information content (AvgIpc) is 3.91. The highest BCUT2D eigenvalue weighted by atomic mass is 32.1. The standard InChI is InChI=1S/C64H59BN2OS/c1-61(2,3)40-24-27-42(28-25-40)67-58-46(30-29-45-44-22-16-17-23-53(44)68-59(45)58)55-43-21-15-14-20-39(43)34-52-57(55)65(67)56-48-36-49-50(64(9,10)33-32-63(49,7)8)37-54(48)69-60(56)66(52)51-31-26-41(62(4,5)6)35-47(51)38-18-12-11-13-19-38/h11-31,34-37H,32-33H2,1-10H3. The molecular weight excluding hydrogens is 856 g/mol. The Morgan fingerprint density at radius 3 is 1.93 bits per heavy atom. The summed E-state index contributed by atoms with van der Waals surface area (Å²) in [6.45, 7) is 23.6. The van der Waals surface area contributed by atoms with Crippen LogP contribution >= 0.6 is 11.3 Å². The van der Waals surface area contributed by atoms with Crippen molar-refractivity contribution in [3.63, 3.8) is 0 Å². The first kappa shape index (κ1) is 42.5. The Morgan fingerprint density at radius 2 is 1.20 bits per heavy atom. The topological polar surface area (TPSA) is 19.6 Å². The number of anilines is 5. The van der Waals surface area contributed by atoms with Gasteiger partial charge in [0.05, 0.1) is 16.4 Å². The second kappa shape index (κ2) is 14.5. The molecule has 10 aromatic rings. The molecular formula is C64H59BN2OS. The van der Waals surface area contributed by atoms with Gasteiger partial charge in [0.2, 0.25) is 0 Å². The van der Waals surface area contributed by atoms with E-state index in [1.54, 1.807) is 0 Å². The van der Waals surface area contributed by atoms with E-state index in [2.05, 4.69) is 231 Å². The fourth-order valence-electron chi connectivity index (χ4n) is 12.2. The van der Waals surface area contributed by atoms with Gasteiger partial charge < -0.3 is 14.1 Å². The van der Waals surface area contributed by atoms with Crippen LogP contribution < -0.4 is 20.6 Å². The SMILES string of the molecule is CC(C)(C)c1ccc(N2B3c4c(cc5ccccc5c4-c4ccc5c(oc6ccccc65)c42)N(c2ccc(C(C)(C)C)cc2-c2ccccc2)c2sc4cc5c(cc4c23)C(C)(C)CCC5(C)C)cc1. The Labute approximate surface area is 411 Å². The summed E-state index contributed by atoms with van der Waals surface area (Å²) in [4.78, 5) is 5.36. The summed E-state index contributed by atoms with van der Waals surface area (Å²) >= 11 is 1.98. The van der Waals surface area contributed by atoms with E-state index in [1.807, 2.05) is 11.3 Å². The fourth-order valence-corrected chi connectivity index (χ4v) is 13.5. The third-order valence-corrected chi connectivity index (χ3v) is 17.4. The number of hydrogen-bond acceptors (Lipinski definition) is 4. The number of fused-ring (bicyclic) bond motifs is 13. The van der Waals surface area contributed by atoms with Gasteiger partial charge in [-0.1, -0.05) is 166 Å². The van der Waals surface area contributed by atoms with E-state index >= 15 is 0 Å². The molecule has 0 fully saturated rings. The van der Waals surface area contributed by atoms with Gasteiger partial charge in [0.25, 0.3) is 0 Å². The van der Waals surface area contributed by atoms with Crippen molar-refractivity contribution in [3.8, 4) is 22.3 Å². The third kappa shape index (κ3) is 6.25. The number of hydrogen-bond donors (Lipinski definition) is 0. The lowest BCUT2D eigenvalue weighted by Gasteiger charge is -2.45. The summed E-state index contributed by atoms with van der Waals surface area (Å²) in [7, 11) is 0. The maximum atomic E-state index is 7.17. The Kier molecular flexibility index (Phi) is 8.94. The molecule has 2 aliphatic heterocycles. The normalized spacial score (nSPS) is 16.0. The molecule has 0 saturated carbocycles. The Morgan fingerprint density at radius 1 is 0.551 bits per heavy atom. The second-order valence-electron chi connectivity index (χ2n) is 23.6. The van der Waals surface area contributed by atoms with E-state index in [-0.39, 0.29) is 28.5 Å². The van der Waals surface area contributed by atoms with Gasteiger partial charge in [0.1, 0.15) is 5.58 Å². The van der Waals surface area contributed by atoms with Crippen molar-refractivity contribution < 1.29 is 4.42 Å². The molecule has 0 saturated heterocycles. The number of furan rings is 1. The van der Waals surface area contributed by atoms with Gasteiger partial charge in [0.15, 0.2) is 5.58 Å².